The van der Waals surface area contributed by atoms with Gasteiger partial charge in [-0.25, -0.2) is 0 Å². The number of anilines is 1. The zero-order chi connectivity index (χ0) is 18.7. The van der Waals surface area contributed by atoms with E-state index in [0.29, 0.717) is 19.2 Å². The Hall–Kier alpha value is -1.74. The van der Waals surface area contributed by atoms with E-state index in [1.54, 1.807) is 13.4 Å². The summed E-state index contributed by atoms with van der Waals surface area (Å²) in [6.07, 6.45) is 4.74. The molecule has 1 aliphatic heterocycles. The van der Waals surface area contributed by atoms with Crippen molar-refractivity contribution in [3.05, 3.63) is 54.5 Å². The van der Waals surface area contributed by atoms with Crippen molar-refractivity contribution in [2.45, 2.75) is 25.3 Å². The van der Waals surface area contributed by atoms with Crippen LogP contribution in [0.5, 0.6) is 0 Å². The van der Waals surface area contributed by atoms with Gasteiger partial charge in [-0.2, -0.15) is 0 Å². The minimum absolute atomic E-state index is 0. The van der Waals surface area contributed by atoms with Crippen LogP contribution in [0.15, 0.2) is 58.1 Å². The average molecular weight is 498 g/mol. The number of hydrogen-bond acceptors (Lipinski definition) is 4. The SMILES string of the molecule is COCCN=C(NCCc1ccco1)NC1CCN(c2ccccc2)CC1.I. The predicted molar refractivity (Wildman–Crippen MR) is 125 cm³/mol. The standard InChI is InChI=1S/C21H30N4O2.HI/c1-26-17-13-23-21(22-12-9-20-8-5-16-27-20)24-18-10-14-25(15-11-18)19-6-3-2-4-7-19;/h2-8,16,18H,9-15,17H2,1H3,(H2,22,23,24);1H. The molecule has 0 aliphatic carbocycles. The van der Waals surface area contributed by atoms with Crippen LogP contribution in [0.3, 0.4) is 0 Å². The zero-order valence-corrected chi connectivity index (χ0v) is 18.8. The van der Waals surface area contributed by atoms with E-state index >= 15 is 0 Å². The van der Waals surface area contributed by atoms with E-state index in [2.05, 4.69) is 50.9 Å². The van der Waals surface area contributed by atoms with Crippen molar-refractivity contribution in [1.82, 2.24) is 10.6 Å². The Balaban J connectivity index is 0.00000280. The van der Waals surface area contributed by atoms with E-state index in [1.807, 2.05) is 12.1 Å². The number of benzene rings is 1. The van der Waals surface area contributed by atoms with E-state index in [1.165, 1.54) is 5.69 Å². The molecule has 0 unspecified atom stereocenters. The van der Waals surface area contributed by atoms with Crippen molar-refractivity contribution < 1.29 is 9.15 Å². The van der Waals surface area contributed by atoms with Crippen molar-refractivity contribution in [2.24, 2.45) is 4.99 Å². The molecule has 0 bridgehead atoms. The minimum atomic E-state index is 0. The van der Waals surface area contributed by atoms with Gasteiger partial charge in [-0.1, -0.05) is 18.2 Å². The molecular formula is C21H31IN4O2. The average Bonchev–Trinajstić information content (AvgIpc) is 3.23. The highest BCUT2D eigenvalue weighted by molar-refractivity contribution is 14.0. The normalized spacial score (nSPS) is 15.2. The number of hydrogen-bond donors (Lipinski definition) is 2. The number of furan rings is 1. The van der Waals surface area contributed by atoms with Gasteiger partial charge in [-0.05, 0) is 37.1 Å². The van der Waals surface area contributed by atoms with Crippen molar-refractivity contribution in [3.63, 3.8) is 0 Å². The van der Waals surface area contributed by atoms with Crippen molar-refractivity contribution in [2.75, 3.05) is 44.8 Å². The second-order valence-electron chi connectivity index (χ2n) is 6.72. The lowest BCUT2D eigenvalue weighted by Crippen LogP contribution is -2.49. The van der Waals surface area contributed by atoms with Gasteiger partial charge in [-0.15, -0.1) is 24.0 Å². The highest BCUT2D eigenvalue weighted by Crippen LogP contribution is 2.19. The van der Waals surface area contributed by atoms with Crippen LogP contribution in [0.1, 0.15) is 18.6 Å². The molecule has 6 nitrogen and oxygen atoms in total. The molecule has 154 valence electrons. The Morgan fingerprint density at radius 1 is 1.18 bits per heavy atom. The monoisotopic (exact) mass is 498 g/mol. The third-order valence-electron chi connectivity index (χ3n) is 4.77. The summed E-state index contributed by atoms with van der Waals surface area (Å²) < 4.78 is 10.5. The van der Waals surface area contributed by atoms with Crippen LogP contribution in [0.4, 0.5) is 5.69 Å². The number of para-hydroxylation sites is 1. The Morgan fingerprint density at radius 2 is 1.96 bits per heavy atom. The molecule has 0 amide bonds. The number of nitrogens with zero attached hydrogens (tertiary/aromatic N) is 2. The highest BCUT2D eigenvalue weighted by Gasteiger charge is 2.20. The maximum absolute atomic E-state index is 5.39. The van der Waals surface area contributed by atoms with Gasteiger partial charge in [0.15, 0.2) is 5.96 Å². The van der Waals surface area contributed by atoms with Crippen molar-refractivity contribution in [3.8, 4) is 0 Å². The van der Waals surface area contributed by atoms with Gasteiger partial charge in [0.1, 0.15) is 5.76 Å². The van der Waals surface area contributed by atoms with E-state index < -0.39 is 0 Å². The molecule has 0 radical (unpaired) electrons. The van der Waals surface area contributed by atoms with Gasteiger partial charge in [-0.3, -0.25) is 4.99 Å². The fourth-order valence-electron chi connectivity index (χ4n) is 3.27. The van der Waals surface area contributed by atoms with E-state index in [9.17, 15) is 0 Å². The molecule has 2 N–H and O–H groups in total. The Bertz CT molecular complexity index is 671. The predicted octanol–water partition coefficient (Wildman–Crippen LogP) is 3.29. The number of rotatable bonds is 8. The Morgan fingerprint density at radius 3 is 2.64 bits per heavy atom. The third-order valence-corrected chi connectivity index (χ3v) is 4.77. The molecule has 28 heavy (non-hydrogen) atoms. The van der Waals surface area contributed by atoms with Gasteiger partial charge in [0.2, 0.25) is 0 Å². The van der Waals surface area contributed by atoms with E-state index in [0.717, 1.165) is 50.6 Å². The second-order valence-corrected chi connectivity index (χ2v) is 6.72. The van der Waals surface area contributed by atoms with Crippen LogP contribution in [-0.4, -0.2) is 51.9 Å². The summed E-state index contributed by atoms with van der Waals surface area (Å²) in [4.78, 5) is 7.08. The van der Waals surface area contributed by atoms with E-state index in [4.69, 9.17) is 9.15 Å². The molecule has 0 atom stereocenters. The van der Waals surface area contributed by atoms with Crippen LogP contribution in [-0.2, 0) is 11.2 Å². The molecule has 1 aromatic carbocycles. The van der Waals surface area contributed by atoms with Crippen LogP contribution in [0, 0.1) is 0 Å². The highest BCUT2D eigenvalue weighted by atomic mass is 127. The molecule has 0 spiro atoms. The first-order valence-corrected chi connectivity index (χ1v) is 9.71. The number of nitrogens with one attached hydrogen (secondary N) is 2. The number of piperidine rings is 1. The maximum Gasteiger partial charge on any atom is 0.191 e. The molecule has 1 aliphatic rings. The lowest BCUT2D eigenvalue weighted by Gasteiger charge is -2.34. The minimum Gasteiger partial charge on any atom is -0.469 e. The quantitative estimate of drug-likeness (QED) is 0.253. The molecule has 7 heteroatoms. The summed E-state index contributed by atoms with van der Waals surface area (Å²) >= 11 is 0. The third kappa shape index (κ3) is 7.35. The van der Waals surface area contributed by atoms with Gasteiger partial charge in [0.05, 0.1) is 19.4 Å². The summed E-state index contributed by atoms with van der Waals surface area (Å²) in [6.45, 7) is 4.17. The molecule has 2 heterocycles. The van der Waals surface area contributed by atoms with Crippen LogP contribution >= 0.6 is 24.0 Å². The van der Waals surface area contributed by atoms with Gasteiger partial charge in [0, 0.05) is 44.9 Å². The topological polar surface area (TPSA) is 62.0 Å². The first-order chi connectivity index (χ1) is 13.3. The molecule has 0 saturated carbocycles. The van der Waals surface area contributed by atoms with Gasteiger partial charge >= 0.3 is 0 Å². The number of aliphatic imine (C=N–C) groups is 1. The largest absolute Gasteiger partial charge is 0.469 e. The van der Waals surface area contributed by atoms with Gasteiger partial charge in [0.25, 0.3) is 0 Å². The zero-order valence-electron chi connectivity index (χ0n) is 16.5. The summed E-state index contributed by atoms with van der Waals surface area (Å²) in [5, 5.41) is 7.01. The fraction of sp³-hybridized carbons (Fsp3) is 0.476. The number of methoxy groups -OCH3 is 1. The summed E-state index contributed by atoms with van der Waals surface area (Å²) in [7, 11) is 1.70. The lowest BCUT2D eigenvalue weighted by atomic mass is 10.0. The van der Waals surface area contributed by atoms with Crippen LogP contribution in [0.25, 0.3) is 0 Å². The van der Waals surface area contributed by atoms with Gasteiger partial charge < -0.3 is 24.7 Å². The smallest absolute Gasteiger partial charge is 0.191 e. The van der Waals surface area contributed by atoms with Crippen LogP contribution in [0.2, 0.25) is 0 Å². The Kier molecular flexibility index (Phi) is 10.2. The molecule has 3 rings (SSSR count). The first kappa shape index (κ1) is 22.5. The van der Waals surface area contributed by atoms with Crippen molar-refractivity contribution in [1.29, 1.82) is 0 Å². The fourth-order valence-corrected chi connectivity index (χ4v) is 3.27. The van der Waals surface area contributed by atoms with Crippen molar-refractivity contribution >= 4 is 35.6 Å². The lowest BCUT2D eigenvalue weighted by molar-refractivity contribution is 0.207. The second kappa shape index (κ2) is 12.7. The molecule has 1 aromatic heterocycles. The summed E-state index contributed by atoms with van der Waals surface area (Å²) in [5.74, 6) is 1.84. The molecule has 1 fully saturated rings. The first-order valence-electron chi connectivity index (χ1n) is 9.71. The maximum atomic E-state index is 5.39. The molecular weight excluding hydrogens is 467 g/mol. The summed E-state index contributed by atoms with van der Waals surface area (Å²) in [5.41, 5.74) is 1.31. The van der Waals surface area contributed by atoms with Crippen LogP contribution < -0.4 is 15.5 Å². The number of guanidine groups is 1. The van der Waals surface area contributed by atoms with E-state index in [-0.39, 0.29) is 24.0 Å². The molecule has 2 aromatic rings. The number of halogens is 1. The summed E-state index contributed by atoms with van der Waals surface area (Å²) in [6, 6.07) is 15.0. The Labute approximate surface area is 184 Å². The number of ether oxygens (including phenoxy) is 1. The molecule has 1 saturated heterocycles.